The minimum atomic E-state index is -0.487. The van der Waals surface area contributed by atoms with Gasteiger partial charge in [-0.3, -0.25) is 9.48 Å². The summed E-state index contributed by atoms with van der Waals surface area (Å²) in [4.78, 5) is 23.6. The Labute approximate surface area is 116 Å². The predicted octanol–water partition coefficient (Wildman–Crippen LogP) is 1.67. The van der Waals surface area contributed by atoms with Crippen LogP contribution in [0, 0.1) is 6.92 Å². The summed E-state index contributed by atoms with van der Waals surface area (Å²) in [6.07, 6.45) is 2.74. The lowest BCUT2D eigenvalue weighted by Crippen LogP contribution is -2.20. The zero-order valence-corrected chi connectivity index (χ0v) is 11.7. The molecule has 2 rings (SSSR count). The summed E-state index contributed by atoms with van der Waals surface area (Å²) in [6, 6.07) is 9.34. The number of carbonyl (C=O) groups excluding carboxylic acids is 1. The largest absolute Gasteiger partial charge is 0.466 e. The number of methoxy groups -OCH3 is 1. The number of hydrogen-bond acceptors (Lipinski definition) is 3. The van der Waals surface area contributed by atoms with Gasteiger partial charge in [-0.05, 0) is 25.1 Å². The molecule has 0 fully saturated rings. The number of esters is 1. The van der Waals surface area contributed by atoms with Gasteiger partial charge in [0.15, 0.2) is 0 Å². The molecule has 0 saturated carbocycles. The van der Waals surface area contributed by atoms with Crippen molar-refractivity contribution in [2.24, 2.45) is 7.05 Å². The van der Waals surface area contributed by atoms with Gasteiger partial charge in [0.2, 0.25) is 0 Å². The van der Waals surface area contributed by atoms with E-state index in [0.717, 1.165) is 11.4 Å². The van der Waals surface area contributed by atoms with Gasteiger partial charge in [-0.1, -0.05) is 18.2 Å². The lowest BCUT2D eigenvalue weighted by atomic mass is 10.2. The fourth-order valence-corrected chi connectivity index (χ4v) is 2.00. The zero-order valence-electron chi connectivity index (χ0n) is 11.7. The molecule has 20 heavy (non-hydrogen) atoms. The molecule has 0 aliphatic carbocycles. The molecule has 0 aliphatic rings. The molecule has 2 aromatic rings. The normalized spacial score (nSPS) is 10.9. The van der Waals surface area contributed by atoms with E-state index in [2.05, 4.69) is 4.74 Å². The van der Waals surface area contributed by atoms with Crippen molar-refractivity contribution >= 4 is 12.0 Å². The first-order valence-electron chi connectivity index (χ1n) is 6.16. The molecule has 1 aromatic heterocycles. The Balaban J connectivity index is 2.56. The molecular weight excluding hydrogens is 256 g/mol. The maximum atomic E-state index is 12.5. The summed E-state index contributed by atoms with van der Waals surface area (Å²) in [5.41, 5.74) is 1.86. The minimum absolute atomic E-state index is 0.170. The second kappa shape index (κ2) is 5.61. The molecule has 0 aliphatic heterocycles. The van der Waals surface area contributed by atoms with Crippen molar-refractivity contribution < 1.29 is 9.53 Å². The third-order valence-corrected chi connectivity index (χ3v) is 3.19. The molecule has 0 unspecified atom stereocenters. The van der Waals surface area contributed by atoms with Crippen molar-refractivity contribution in [3.8, 4) is 5.69 Å². The highest BCUT2D eigenvalue weighted by molar-refractivity contribution is 5.87. The monoisotopic (exact) mass is 272 g/mol. The third-order valence-electron chi connectivity index (χ3n) is 3.19. The van der Waals surface area contributed by atoms with Gasteiger partial charge >= 0.3 is 5.97 Å². The molecule has 0 amide bonds. The number of rotatable bonds is 3. The summed E-state index contributed by atoms with van der Waals surface area (Å²) in [7, 11) is 3.10. The molecule has 0 atom stereocenters. The fourth-order valence-electron chi connectivity index (χ4n) is 2.00. The van der Waals surface area contributed by atoms with Crippen molar-refractivity contribution in [2.75, 3.05) is 7.11 Å². The number of benzene rings is 1. The quantitative estimate of drug-likeness (QED) is 0.631. The number of carbonyl (C=O) groups is 1. The fraction of sp³-hybridized carbons (Fsp3) is 0.200. The van der Waals surface area contributed by atoms with Gasteiger partial charge in [0.05, 0.1) is 18.4 Å². The number of aromatic nitrogens is 2. The Hall–Kier alpha value is -2.56. The number of hydrogen-bond donors (Lipinski definition) is 0. The molecule has 0 spiro atoms. The van der Waals surface area contributed by atoms with E-state index in [1.54, 1.807) is 16.4 Å². The lowest BCUT2D eigenvalue weighted by molar-refractivity contribution is -0.134. The van der Waals surface area contributed by atoms with Crippen molar-refractivity contribution in [2.45, 2.75) is 6.92 Å². The van der Waals surface area contributed by atoms with Gasteiger partial charge in [0.1, 0.15) is 0 Å². The average molecular weight is 272 g/mol. The summed E-state index contributed by atoms with van der Waals surface area (Å²) in [5, 5.41) is 0. The topological polar surface area (TPSA) is 53.2 Å². The van der Waals surface area contributed by atoms with E-state index in [1.807, 2.05) is 37.3 Å². The zero-order chi connectivity index (χ0) is 14.7. The molecule has 0 radical (unpaired) electrons. The van der Waals surface area contributed by atoms with Crippen LogP contribution >= 0.6 is 0 Å². The van der Waals surface area contributed by atoms with Gasteiger partial charge in [-0.15, -0.1) is 0 Å². The maximum absolute atomic E-state index is 12.5. The van der Waals surface area contributed by atoms with E-state index >= 15 is 0 Å². The molecule has 5 nitrogen and oxygen atoms in total. The van der Waals surface area contributed by atoms with Crippen molar-refractivity contribution in [3.63, 3.8) is 0 Å². The smallest absolute Gasteiger partial charge is 0.330 e. The van der Waals surface area contributed by atoms with Crippen molar-refractivity contribution in [3.05, 3.63) is 58.0 Å². The summed E-state index contributed by atoms with van der Waals surface area (Å²) >= 11 is 0. The molecule has 0 bridgehead atoms. The van der Waals surface area contributed by atoms with Crippen LogP contribution in [0.15, 0.2) is 41.2 Å². The molecule has 1 heterocycles. The molecule has 104 valence electrons. The Kier molecular flexibility index (Phi) is 3.89. The van der Waals surface area contributed by atoms with Gasteiger partial charge in [0.25, 0.3) is 5.56 Å². The van der Waals surface area contributed by atoms with Crippen LogP contribution in [-0.4, -0.2) is 22.4 Å². The number of nitrogens with zero attached hydrogens (tertiary/aromatic N) is 2. The highest BCUT2D eigenvalue weighted by Crippen LogP contribution is 2.11. The standard InChI is InChI=1S/C15H16N2O3/c1-11-13(9-10-14(18)20-3)15(19)17(16(11)2)12-7-5-4-6-8-12/h4-10H,1-3H3/b10-9+. The van der Waals surface area contributed by atoms with E-state index in [4.69, 9.17) is 0 Å². The molecular formula is C15H16N2O3. The summed E-state index contributed by atoms with van der Waals surface area (Å²) < 4.78 is 7.85. The van der Waals surface area contributed by atoms with Crippen LogP contribution in [0.3, 0.4) is 0 Å². The highest BCUT2D eigenvalue weighted by Gasteiger charge is 2.13. The van der Waals surface area contributed by atoms with Crippen LogP contribution in [0.1, 0.15) is 11.3 Å². The van der Waals surface area contributed by atoms with Crippen LogP contribution in [0.4, 0.5) is 0 Å². The van der Waals surface area contributed by atoms with Crippen LogP contribution in [0.5, 0.6) is 0 Å². The lowest BCUT2D eigenvalue weighted by Gasteiger charge is -2.07. The first-order valence-corrected chi connectivity index (χ1v) is 6.16. The van der Waals surface area contributed by atoms with E-state index < -0.39 is 5.97 Å². The molecule has 5 heteroatoms. The maximum Gasteiger partial charge on any atom is 0.330 e. The number of para-hydroxylation sites is 1. The average Bonchev–Trinajstić information content (AvgIpc) is 2.68. The van der Waals surface area contributed by atoms with Gasteiger partial charge < -0.3 is 4.74 Å². The van der Waals surface area contributed by atoms with E-state index in [1.165, 1.54) is 19.3 Å². The minimum Gasteiger partial charge on any atom is -0.466 e. The Morgan fingerprint density at radius 3 is 2.50 bits per heavy atom. The molecule has 1 aromatic carbocycles. The molecule has 0 saturated heterocycles. The second-order valence-corrected chi connectivity index (χ2v) is 4.33. The van der Waals surface area contributed by atoms with Crippen LogP contribution in [-0.2, 0) is 16.6 Å². The van der Waals surface area contributed by atoms with Crippen LogP contribution in [0.25, 0.3) is 11.8 Å². The first kappa shape index (κ1) is 13.9. The van der Waals surface area contributed by atoms with Gasteiger partial charge in [0, 0.05) is 18.8 Å². The van der Waals surface area contributed by atoms with E-state index in [-0.39, 0.29) is 5.56 Å². The Morgan fingerprint density at radius 2 is 1.90 bits per heavy atom. The van der Waals surface area contributed by atoms with Gasteiger partial charge in [-0.25, -0.2) is 9.48 Å². The first-order chi connectivity index (χ1) is 9.56. The predicted molar refractivity (Wildman–Crippen MR) is 76.8 cm³/mol. The molecule has 0 N–H and O–H groups in total. The van der Waals surface area contributed by atoms with Crippen molar-refractivity contribution in [1.29, 1.82) is 0 Å². The van der Waals surface area contributed by atoms with E-state index in [0.29, 0.717) is 5.56 Å². The summed E-state index contributed by atoms with van der Waals surface area (Å²) in [5.74, 6) is -0.487. The van der Waals surface area contributed by atoms with Gasteiger partial charge in [-0.2, -0.15) is 0 Å². The Bertz CT molecular complexity index is 709. The van der Waals surface area contributed by atoms with E-state index in [9.17, 15) is 9.59 Å². The third kappa shape index (κ3) is 2.42. The Morgan fingerprint density at radius 1 is 1.25 bits per heavy atom. The number of ether oxygens (including phenoxy) is 1. The highest BCUT2D eigenvalue weighted by atomic mass is 16.5. The second-order valence-electron chi connectivity index (χ2n) is 4.33. The van der Waals surface area contributed by atoms with Crippen LogP contribution in [0.2, 0.25) is 0 Å². The van der Waals surface area contributed by atoms with Crippen LogP contribution < -0.4 is 5.56 Å². The SMILES string of the molecule is COC(=O)/C=C/c1c(C)n(C)n(-c2ccccc2)c1=O. The summed E-state index contributed by atoms with van der Waals surface area (Å²) in [6.45, 7) is 1.83. The van der Waals surface area contributed by atoms with Crippen molar-refractivity contribution in [1.82, 2.24) is 9.36 Å².